The first-order chi connectivity index (χ1) is 10.2. The Labute approximate surface area is 126 Å². The SMILES string of the molecule is Cc1cccc(-n2c(CCl)nc3ccc(F)cc32)c1C#N. The Morgan fingerprint density at radius 3 is 2.86 bits per heavy atom. The number of fused-ring (bicyclic) bond motifs is 1. The number of nitrogens with zero attached hydrogens (tertiary/aromatic N) is 3. The number of imidazole rings is 1. The average molecular weight is 300 g/mol. The van der Waals surface area contributed by atoms with Crippen molar-refractivity contribution in [1.29, 1.82) is 5.26 Å². The lowest BCUT2D eigenvalue weighted by Crippen LogP contribution is -2.03. The van der Waals surface area contributed by atoms with Crippen molar-refractivity contribution in [3.05, 3.63) is 59.2 Å². The van der Waals surface area contributed by atoms with Gasteiger partial charge in [-0.2, -0.15) is 5.26 Å². The summed E-state index contributed by atoms with van der Waals surface area (Å²) in [4.78, 5) is 4.41. The van der Waals surface area contributed by atoms with E-state index >= 15 is 0 Å². The molecule has 0 aliphatic rings. The van der Waals surface area contributed by atoms with Crippen molar-refractivity contribution in [1.82, 2.24) is 9.55 Å². The molecule has 0 saturated carbocycles. The van der Waals surface area contributed by atoms with Crippen LogP contribution < -0.4 is 0 Å². The maximum Gasteiger partial charge on any atom is 0.129 e. The number of benzene rings is 2. The number of aryl methyl sites for hydroxylation is 1. The molecule has 0 N–H and O–H groups in total. The first-order valence-electron chi connectivity index (χ1n) is 6.38. The normalized spacial score (nSPS) is 10.8. The number of aromatic nitrogens is 2. The van der Waals surface area contributed by atoms with Gasteiger partial charge in [0, 0.05) is 6.07 Å². The summed E-state index contributed by atoms with van der Waals surface area (Å²) in [7, 11) is 0. The summed E-state index contributed by atoms with van der Waals surface area (Å²) in [5.41, 5.74) is 3.31. The standard InChI is InChI=1S/C16H11ClFN3/c1-10-3-2-4-14(12(10)9-19)21-15-7-11(18)5-6-13(15)20-16(21)8-17/h2-7H,8H2,1H3. The molecule has 2 aromatic carbocycles. The summed E-state index contributed by atoms with van der Waals surface area (Å²) in [6.07, 6.45) is 0. The monoisotopic (exact) mass is 299 g/mol. The molecule has 3 nitrogen and oxygen atoms in total. The van der Waals surface area contributed by atoms with Gasteiger partial charge < -0.3 is 0 Å². The van der Waals surface area contributed by atoms with E-state index in [0.29, 0.717) is 28.1 Å². The van der Waals surface area contributed by atoms with Crippen LogP contribution in [0, 0.1) is 24.1 Å². The van der Waals surface area contributed by atoms with Gasteiger partial charge in [-0.05, 0) is 30.7 Å². The molecule has 0 aliphatic carbocycles. The molecular weight excluding hydrogens is 289 g/mol. The number of hydrogen-bond donors (Lipinski definition) is 0. The highest BCUT2D eigenvalue weighted by atomic mass is 35.5. The van der Waals surface area contributed by atoms with E-state index in [4.69, 9.17) is 11.6 Å². The number of halogens is 2. The second-order valence-electron chi connectivity index (χ2n) is 4.71. The highest BCUT2D eigenvalue weighted by Crippen LogP contribution is 2.26. The van der Waals surface area contributed by atoms with Gasteiger partial charge in [-0.3, -0.25) is 4.57 Å². The van der Waals surface area contributed by atoms with Gasteiger partial charge in [0.2, 0.25) is 0 Å². The van der Waals surface area contributed by atoms with Gasteiger partial charge in [-0.1, -0.05) is 12.1 Å². The molecule has 0 fully saturated rings. The number of hydrogen-bond acceptors (Lipinski definition) is 2. The molecule has 0 saturated heterocycles. The quantitative estimate of drug-likeness (QED) is 0.669. The summed E-state index contributed by atoms with van der Waals surface area (Å²) in [5.74, 6) is 0.407. The second kappa shape index (κ2) is 5.19. The number of nitriles is 1. The third-order valence-electron chi connectivity index (χ3n) is 3.41. The fraction of sp³-hybridized carbons (Fsp3) is 0.125. The van der Waals surface area contributed by atoms with Crippen molar-refractivity contribution in [3.8, 4) is 11.8 Å². The zero-order valence-corrected chi connectivity index (χ0v) is 12.0. The smallest absolute Gasteiger partial charge is 0.129 e. The van der Waals surface area contributed by atoms with Crippen molar-refractivity contribution in [2.45, 2.75) is 12.8 Å². The van der Waals surface area contributed by atoms with Gasteiger partial charge in [0.1, 0.15) is 17.7 Å². The van der Waals surface area contributed by atoms with Crippen molar-refractivity contribution in [3.63, 3.8) is 0 Å². The summed E-state index contributed by atoms with van der Waals surface area (Å²) in [6.45, 7) is 1.86. The molecule has 0 radical (unpaired) electrons. The predicted octanol–water partition coefficient (Wildman–Crippen LogP) is 4.08. The third kappa shape index (κ3) is 2.16. The summed E-state index contributed by atoms with van der Waals surface area (Å²) in [5, 5.41) is 9.40. The van der Waals surface area contributed by atoms with Crippen molar-refractivity contribution >= 4 is 22.6 Å². The van der Waals surface area contributed by atoms with E-state index in [2.05, 4.69) is 11.1 Å². The van der Waals surface area contributed by atoms with Gasteiger partial charge in [0.25, 0.3) is 0 Å². The van der Waals surface area contributed by atoms with Crippen molar-refractivity contribution < 1.29 is 4.39 Å². The second-order valence-corrected chi connectivity index (χ2v) is 4.98. The maximum atomic E-state index is 13.6. The van der Waals surface area contributed by atoms with E-state index in [1.165, 1.54) is 12.1 Å². The van der Waals surface area contributed by atoms with Crippen LogP contribution in [0.25, 0.3) is 16.7 Å². The van der Waals surface area contributed by atoms with E-state index in [9.17, 15) is 9.65 Å². The van der Waals surface area contributed by atoms with Crippen LogP contribution in [0.4, 0.5) is 4.39 Å². The molecule has 21 heavy (non-hydrogen) atoms. The lowest BCUT2D eigenvalue weighted by Gasteiger charge is -2.11. The minimum absolute atomic E-state index is 0.176. The predicted molar refractivity (Wildman–Crippen MR) is 80.0 cm³/mol. The maximum absolute atomic E-state index is 13.6. The van der Waals surface area contributed by atoms with Crippen LogP contribution in [0.1, 0.15) is 17.0 Å². The molecule has 0 aliphatic heterocycles. The van der Waals surface area contributed by atoms with Gasteiger partial charge in [-0.25, -0.2) is 9.37 Å². The van der Waals surface area contributed by atoms with Gasteiger partial charge in [-0.15, -0.1) is 11.6 Å². The molecule has 0 spiro atoms. The van der Waals surface area contributed by atoms with E-state index in [0.717, 1.165) is 5.56 Å². The van der Waals surface area contributed by atoms with Gasteiger partial charge in [0.15, 0.2) is 0 Å². The fourth-order valence-electron chi connectivity index (χ4n) is 2.44. The topological polar surface area (TPSA) is 41.6 Å². The lowest BCUT2D eigenvalue weighted by molar-refractivity contribution is 0.629. The average Bonchev–Trinajstić information content (AvgIpc) is 2.84. The Kier molecular flexibility index (Phi) is 3.36. The minimum Gasteiger partial charge on any atom is -0.294 e. The van der Waals surface area contributed by atoms with E-state index in [1.54, 1.807) is 10.6 Å². The molecule has 0 bridgehead atoms. The first kappa shape index (κ1) is 13.6. The Balaban J connectivity index is 2.42. The van der Waals surface area contributed by atoms with E-state index in [-0.39, 0.29) is 11.7 Å². The van der Waals surface area contributed by atoms with Crippen LogP contribution in [0.3, 0.4) is 0 Å². The molecule has 0 amide bonds. The molecule has 3 aromatic rings. The summed E-state index contributed by atoms with van der Waals surface area (Å²) < 4.78 is 15.3. The highest BCUT2D eigenvalue weighted by Gasteiger charge is 2.16. The Morgan fingerprint density at radius 2 is 2.14 bits per heavy atom. The zero-order chi connectivity index (χ0) is 15.0. The number of rotatable bonds is 2. The lowest BCUT2D eigenvalue weighted by atomic mass is 10.1. The van der Waals surface area contributed by atoms with Crippen LogP contribution in [0.15, 0.2) is 36.4 Å². The van der Waals surface area contributed by atoms with Crippen LogP contribution in [0.2, 0.25) is 0 Å². The zero-order valence-electron chi connectivity index (χ0n) is 11.3. The van der Waals surface area contributed by atoms with Gasteiger partial charge in [0.05, 0.1) is 28.2 Å². The molecule has 0 atom stereocenters. The Morgan fingerprint density at radius 1 is 1.33 bits per heavy atom. The van der Waals surface area contributed by atoms with E-state index in [1.807, 2.05) is 25.1 Å². The van der Waals surface area contributed by atoms with E-state index < -0.39 is 0 Å². The van der Waals surface area contributed by atoms with Gasteiger partial charge >= 0.3 is 0 Å². The van der Waals surface area contributed by atoms with Crippen LogP contribution >= 0.6 is 11.6 Å². The van der Waals surface area contributed by atoms with Crippen LogP contribution in [0.5, 0.6) is 0 Å². The summed E-state index contributed by atoms with van der Waals surface area (Å²) in [6, 6.07) is 12.1. The molecule has 0 unspecified atom stereocenters. The molecule has 3 rings (SSSR count). The van der Waals surface area contributed by atoms with Crippen LogP contribution in [-0.4, -0.2) is 9.55 Å². The van der Waals surface area contributed by atoms with Crippen molar-refractivity contribution in [2.75, 3.05) is 0 Å². The molecule has 5 heteroatoms. The first-order valence-corrected chi connectivity index (χ1v) is 6.92. The third-order valence-corrected chi connectivity index (χ3v) is 3.65. The highest BCUT2D eigenvalue weighted by molar-refractivity contribution is 6.17. The number of alkyl halides is 1. The minimum atomic E-state index is -0.351. The molecular formula is C16H11ClFN3. The molecule has 104 valence electrons. The fourth-order valence-corrected chi connectivity index (χ4v) is 2.62. The summed E-state index contributed by atoms with van der Waals surface area (Å²) >= 11 is 5.97. The van der Waals surface area contributed by atoms with Crippen molar-refractivity contribution in [2.24, 2.45) is 0 Å². The Bertz CT molecular complexity index is 877. The Hall–Kier alpha value is -2.38. The molecule has 1 aromatic heterocycles. The largest absolute Gasteiger partial charge is 0.294 e. The molecule has 1 heterocycles. The van der Waals surface area contributed by atoms with Crippen LogP contribution in [-0.2, 0) is 5.88 Å².